The number of rotatable bonds is 7. The Balaban J connectivity index is 1.22. The number of aromatic nitrogens is 1. The summed E-state index contributed by atoms with van der Waals surface area (Å²) in [7, 11) is 0. The average Bonchev–Trinajstić information content (AvgIpc) is 3.31. The number of aryl methyl sites for hydroxylation is 1. The van der Waals surface area contributed by atoms with Gasteiger partial charge in [-0.05, 0) is 66.7 Å². The maximum atomic E-state index is 12.6. The fourth-order valence-corrected chi connectivity index (χ4v) is 4.26. The minimum absolute atomic E-state index is 0.0139. The second-order valence-corrected chi connectivity index (χ2v) is 8.70. The summed E-state index contributed by atoms with van der Waals surface area (Å²) in [5, 5.41) is 15.4. The van der Waals surface area contributed by atoms with Crippen LogP contribution >= 0.6 is 11.8 Å². The largest absolute Gasteiger partial charge is 0.490 e. The number of hydrogen-bond donors (Lipinski definition) is 1. The Morgan fingerprint density at radius 1 is 1.00 bits per heavy atom. The van der Waals surface area contributed by atoms with Crippen LogP contribution in [0.2, 0.25) is 0 Å². The third kappa shape index (κ3) is 5.15. The summed E-state index contributed by atoms with van der Waals surface area (Å²) in [6.45, 7) is 2.86. The van der Waals surface area contributed by atoms with E-state index in [2.05, 4.69) is 15.1 Å². The molecule has 8 nitrogen and oxygen atoms in total. The molecule has 3 heterocycles. The number of ether oxygens (including phenoxy) is 2. The lowest BCUT2D eigenvalue weighted by Crippen LogP contribution is -2.35. The van der Waals surface area contributed by atoms with E-state index in [-0.39, 0.29) is 11.4 Å². The van der Waals surface area contributed by atoms with Crippen LogP contribution in [0.25, 0.3) is 6.08 Å². The van der Waals surface area contributed by atoms with Crippen LogP contribution in [0.1, 0.15) is 16.7 Å². The zero-order valence-corrected chi connectivity index (χ0v) is 19.7. The van der Waals surface area contributed by atoms with Crippen LogP contribution in [-0.4, -0.2) is 45.2 Å². The van der Waals surface area contributed by atoms with Crippen LogP contribution in [0.3, 0.4) is 0 Å². The van der Waals surface area contributed by atoms with E-state index in [1.54, 1.807) is 18.5 Å². The van der Waals surface area contributed by atoms with Gasteiger partial charge in [-0.2, -0.15) is 15.1 Å². The van der Waals surface area contributed by atoms with Gasteiger partial charge in [0.25, 0.3) is 5.91 Å². The molecule has 3 aromatic rings. The topological polar surface area (TPSA) is 100 Å². The molecule has 0 bridgehead atoms. The second kappa shape index (κ2) is 9.94. The van der Waals surface area contributed by atoms with Crippen molar-refractivity contribution in [1.82, 2.24) is 9.99 Å². The molecule has 0 saturated heterocycles. The molecule has 0 unspecified atom stereocenters. The molecule has 0 atom stereocenters. The minimum atomic E-state index is -0.468. The Bertz CT molecular complexity index is 1350. The van der Waals surface area contributed by atoms with Crippen molar-refractivity contribution in [1.29, 1.82) is 5.41 Å². The van der Waals surface area contributed by atoms with Crippen molar-refractivity contribution in [2.75, 3.05) is 13.2 Å². The molecule has 1 amide bonds. The molecule has 1 N–H and O–H groups in total. The van der Waals surface area contributed by atoms with Crippen molar-refractivity contribution in [3.63, 3.8) is 0 Å². The number of thioether (sulfide) groups is 1. The fourth-order valence-electron chi connectivity index (χ4n) is 3.38. The monoisotopic (exact) mass is 483 g/mol. The third-order valence-electron chi connectivity index (χ3n) is 5.20. The number of aliphatic imine (C=N–C) groups is 1. The fraction of sp³-hybridized carbons (Fsp3) is 0.115. The van der Waals surface area contributed by atoms with Crippen LogP contribution < -0.4 is 9.47 Å². The van der Waals surface area contributed by atoms with Gasteiger partial charge < -0.3 is 9.47 Å². The van der Waals surface area contributed by atoms with E-state index in [1.165, 1.54) is 22.3 Å². The highest BCUT2D eigenvalue weighted by molar-refractivity contribution is 8.27. The predicted octanol–water partition coefficient (Wildman–Crippen LogP) is 4.52. The summed E-state index contributed by atoms with van der Waals surface area (Å²) < 4.78 is 11.4. The average molecular weight is 484 g/mol. The molecule has 2 aliphatic heterocycles. The van der Waals surface area contributed by atoms with Crippen LogP contribution in [0.5, 0.6) is 11.5 Å². The summed E-state index contributed by atoms with van der Waals surface area (Å²) in [4.78, 5) is 20.9. The lowest BCUT2D eigenvalue weighted by Gasteiger charge is -2.20. The molecule has 35 heavy (non-hydrogen) atoms. The second-order valence-electron chi connectivity index (χ2n) is 7.75. The number of hydrazone groups is 1. The smallest absolute Gasteiger partial charge is 0.283 e. The summed E-state index contributed by atoms with van der Waals surface area (Å²) in [6.07, 6.45) is 5.00. The molecule has 174 valence electrons. The molecule has 1 aromatic heterocycles. The molecular weight excluding hydrogens is 462 g/mol. The first-order chi connectivity index (χ1) is 17.1. The number of nitrogens with zero attached hydrogens (tertiary/aromatic N) is 4. The van der Waals surface area contributed by atoms with Gasteiger partial charge >= 0.3 is 0 Å². The van der Waals surface area contributed by atoms with Crippen LogP contribution in [-0.2, 0) is 4.79 Å². The summed E-state index contributed by atoms with van der Waals surface area (Å²) in [6, 6.07) is 18.8. The molecule has 5 rings (SSSR count). The maximum Gasteiger partial charge on any atom is 0.283 e. The third-order valence-corrected chi connectivity index (χ3v) is 6.15. The highest BCUT2D eigenvalue weighted by Crippen LogP contribution is 2.30. The number of nitrogens with one attached hydrogen (secondary N) is 1. The standard InChI is InChI=1S/C26H21N5O3S/c1-17-4-8-20(9-5-17)33-13-14-34-21-10-6-18(7-11-21)15-22-23(27)31-26(29-24(22)32)35-25(30-31)19-3-2-12-28-16-19/h2-12,15-16,27H,13-14H2,1H3/b22-15-,27-23?. The number of amides is 1. The summed E-state index contributed by atoms with van der Waals surface area (Å²) >= 11 is 1.24. The lowest BCUT2D eigenvalue weighted by molar-refractivity contribution is -0.114. The molecular formula is C26H21N5O3S. The van der Waals surface area contributed by atoms with E-state index >= 15 is 0 Å². The van der Waals surface area contributed by atoms with Crippen LogP contribution in [0.4, 0.5) is 0 Å². The lowest BCUT2D eigenvalue weighted by atomic mass is 10.1. The first-order valence-electron chi connectivity index (χ1n) is 10.9. The van der Waals surface area contributed by atoms with Crippen LogP contribution in [0, 0.1) is 12.3 Å². The normalized spacial score (nSPS) is 16.1. The minimum Gasteiger partial charge on any atom is -0.490 e. The van der Waals surface area contributed by atoms with Crippen molar-refractivity contribution in [2.24, 2.45) is 10.1 Å². The number of fused-ring (bicyclic) bond motifs is 1. The highest BCUT2D eigenvalue weighted by Gasteiger charge is 2.36. The number of carbonyl (C=O) groups is 1. The van der Waals surface area contributed by atoms with E-state index in [4.69, 9.17) is 14.9 Å². The van der Waals surface area contributed by atoms with E-state index < -0.39 is 5.91 Å². The number of hydrogen-bond acceptors (Lipinski definition) is 7. The first-order valence-corrected chi connectivity index (χ1v) is 11.7. The van der Waals surface area contributed by atoms with E-state index in [9.17, 15) is 4.79 Å². The molecule has 0 saturated carbocycles. The Morgan fingerprint density at radius 2 is 1.69 bits per heavy atom. The van der Waals surface area contributed by atoms with Crippen molar-refractivity contribution in [3.8, 4) is 11.5 Å². The number of pyridine rings is 1. The van der Waals surface area contributed by atoms with E-state index in [0.717, 1.165) is 16.9 Å². The van der Waals surface area contributed by atoms with Gasteiger partial charge in [0.1, 0.15) is 29.8 Å². The highest BCUT2D eigenvalue weighted by atomic mass is 32.2. The van der Waals surface area contributed by atoms with Crippen molar-refractivity contribution < 1.29 is 14.3 Å². The maximum absolute atomic E-state index is 12.6. The Labute approximate surface area is 206 Å². The number of amidine groups is 2. The Hall–Kier alpha value is -4.24. The molecule has 0 fully saturated rings. The summed E-state index contributed by atoms with van der Waals surface area (Å²) in [5.74, 6) is 1.01. The zero-order chi connectivity index (χ0) is 24.2. The van der Waals surface area contributed by atoms with Gasteiger partial charge in [-0.25, -0.2) is 0 Å². The SMILES string of the molecule is Cc1ccc(OCCOc2ccc(/C=C3/C(=N)N4N=C(c5cccnc5)SC4=NC3=O)cc2)cc1. The molecule has 0 aliphatic carbocycles. The molecule has 0 spiro atoms. The van der Waals surface area contributed by atoms with E-state index in [1.807, 2.05) is 67.6 Å². The van der Waals surface area contributed by atoms with E-state index in [0.29, 0.717) is 29.2 Å². The number of carbonyl (C=O) groups excluding carboxylic acids is 1. The molecule has 2 aromatic carbocycles. The van der Waals surface area contributed by atoms with Crippen LogP contribution in [0.15, 0.2) is 88.7 Å². The van der Waals surface area contributed by atoms with Crippen molar-refractivity contribution in [3.05, 3.63) is 95.3 Å². The predicted molar refractivity (Wildman–Crippen MR) is 137 cm³/mol. The Kier molecular flexibility index (Phi) is 6.40. The summed E-state index contributed by atoms with van der Waals surface area (Å²) in [5.41, 5.74) is 2.91. The molecule has 0 radical (unpaired) electrons. The van der Waals surface area contributed by atoms with Gasteiger partial charge in [0, 0.05) is 18.0 Å². The van der Waals surface area contributed by atoms with Gasteiger partial charge in [0.15, 0.2) is 5.84 Å². The molecule has 9 heteroatoms. The van der Waals surface area contributed by atoms with Gasteiger partial charge in [-0.1, -0.05) is 29.8 Å². The van der Waals surface area contributed by atoms with Gasteiger partial charge in [-0.3, -0.25) is 15.2 Å². The first kappa shape index (κ1) is 22.5. The Morgan fingerprint density at radius 3 is 2.34 bits per heavy atom. The van der Waals surface area contributed by atoms with Crippen molar-refractivity contribution in [2.45, 2.75) is 6.92 Å². The quantitative estimate of drug-likeness (QED) is 0.392. The number of benzene rings is 2. The van der Waals surface area contributed by atoms with Gasteiger partial charge in [-0.15, -0.1) is 0 Å². The van der Waals surface area contributed by atoms with Gasteiger partial charge in [0.05, 0.1) is 5.57 Å². The van der Waals surface area contributed by atoms with Gasteiger partial charge in [0.2, 0.25) is 5.17 Å². The van der Waals surface area contributed by atoms with Crippen molar-refractivity contribution >= 4 is 39.8 Å². The molecule has 2 aliphatic rings. The zero-order valence-electron chi connectivity index (χ0n) is 18.8.